The molecule has 2 heteroatoms. The van der Waals surface area contributed by atoms with Crippen LogP contribution in [0.15, 0.2) is 30.3 Å². The molecule has 1 aliphatic carbocycles. The van der Waals surface area contributed by atoms with Crippen LogP contribution in [0, 0.1) is 0 Å². The summed E-state index contributed by atoms with van der Waals surface area (Å²) >= 11 is 1.38. The van der Waals surface area contributed by atoms with Crippen molar-refractivity contribution in [1.82, 2.24) is 4.90 Å². The Kier molecular flexibility index (Phi) is 1.83. The van der Waals surface area contributed by atoms with Crippen LogP contribution in [0.3, 0.4) is 0 Å². The number of hydrogen-bond donors (Lipinski definition) is 0. The van der Waals surface area contributed by atoms with Crippen LogP contribution in [0.5, 0.6) is 0 Å². The normalized spacial score (nSPS) is 42.5. The average Bonchev–Trinajstić information content (AvgIpc) is 3.12. The number of benzene rings is 1. The van der Waals surface area contributed by atoms with Gasteiger partial charge in [-0.3, -0.25) is 4.90 Å². The SMILES string of the molecule is [2H]C1([2H])N(C2(c3cc4ccccc4s3)CCCCC2)C([2H])([2H])C([2H])([2H])C([2H])([2H])C1([2H])[2H]. The van der Waals surface area contributed by atoms with Gasteiger partial charge in [-0.1, -0.05) is 43.8 Å². The van der Waals surface area contributed by atoms with Gasteiger partial charge in [0.05, 0.1) is 5.54 Å². The molecule has 0 N–H and O–H groups in total. The van der Waals surface area contributed by atoms with E-state index < -0.39 is 37.7 Å². The monoisotopic (exact) mass is 309 g/mol. The molecule has 2 aromatic rings. The Bertz CT molecular complexity index is 929. The lowest BCUT2D eigenvalue weighted by Crippen LogP contribution is -2.49. The van der Waals surface area contributed by atoms with Crippen molar-refractivity contribution in [3.05, 3.63) is 35.2 Å². The zero-order chi connectivity index (χ0) is 23.1. The number of piperidine rings is 1. The summed E-state index contributed by atoms with van der Waals surface area (Å²) in [7, 11) is 0. The van der Waals surface area contributed by atoms with Crippen molar-refractivity contribution in [3.63, 3.8) is 0 Å². The van der Waals surface area contributed by atoms with E-state index in [0.29, 0.717) is 30.6 Å². The number of hydrogen-bond acceptors (Lipinski definition) is 2. The highest BCUT2D eigenvalue weighted by Gasteiger charge is 2.40. The second-order valence-corrected chi connectivity index (χ2v) is 6.76. The van der Waals surface area contributed by atoms with Crippen LogP contribution in [0.2, 0.25) is 0 Å². The predicted molar refractivity (Wildman–Crippen MR) is 92.0 cm³/mol. The van der Waals surface area contributed by atoms with E-state index >= 15 is 0 Å². The smallest absolute Gasteiger partial charge is 0.0554 e. The van der Waals surface area contributed by atoms with E-state index in [4.69, 9.17) is 13.7 Å². The lowest BCUT2D eigenvalue weighted by atomic mass is 9.78. The van der Waals surface area contributed by atoms with Crippen molar-refractivity contribution in [2.45, 2.75) is 56.8 Å². The molecule has 1 aromatic carbocycles. The zero-order valence-corrected chi connectivity index (χ0v) is 12.6. The topological polar surface area (TPSA) is 3.24 Å². The number of likely N-dealkylation sites (tertiary alicyclic amines) is 1. The van der Waals surface area contributed by atoms with Gasteiger partial charge in [0.1, 0.15) is 0 Å². The summed E-state index contributed by atoms with van der Waals surface area (Å²) in [4.78, 5) is 1.38. The van der Waals surface area contributed by atoms with Crippen molar-refractivity contribution in [3.8, 4) is 0 Å². The quantitative estimate of drug-likeness (QED) is 0.703. The van der Waals surface area contributed by atoms with Crippen LogP contribution in [0.1, 0.15) is 69.8 Å². The third-order valence-electron chi connectivity index (χ3n) is 4.45. The molecule has 4 rings (SSSR count). The minimum atomic E-state index is -3.39. The molecule has 0 amide bonds. The maximum atomic E-state index is 8.70. The lowest BCUT2D eigenvalue weighted by Gasteiger charge is -2.48. The van der Waals surface area contributed by atoms with Crippen LogP contribution in [-0.2, 0) is 5.54 Å². The second kappa shape index (κ2) is 5.73. The Balaban J connectivity index is 2.02. The first-order valence-corrected chi connectivity index (χ1v) is 8.26. The van der Waals surface area contributed by atoms with E-state index in [1.165, 1.54) is 11.3 Å². The third-order valence-corrected chi connectivity index (χ3v) is 5.76. The fourth-order valence-corrected chi connectivity index (χ4v) is 4.67. The Hall–Kier alpha value is -0.860. The lowest BCUT2D eigenvalue weighted by molar-refractivity contribution is 0.0333. The summed E-state index contributed by atoms with van der Waals surface area (Å²) in [5.74, 6) is 0. The highest BCUT2D eigenvalue weighted by Crippen LogP contribution is 2.47. The largest absolute Gasteiger partial charge is 0.293 e. The van der Waals surface area contributed by atoms with Gasteiger partial charge in [-0.05, 0) is 56.1 Å². The maximum Gasteiger partial charge on any atom is 0.0554 e. The van der Waals surface area contributed by atoms with Crippen LogP contribution in [-0.4, -0.2) is 17.9 Å². The second-order valence-electron chi connectivity index (χ2n) is 5.67. The molecule has 0 unspecified atom stereocenters. The van der Waals surface area contributed by atoms with Crippen LogP contribution in [0.25, 0.3) is 10.1 Å². The van der Waals surface area contributed by atoms with Gasteiger partial charge in [-0.25, -0.2) is 0 Å². The molecule has 1 saturated carbocycles. The van der Waals surface area contributed by atoms with Gasteiger partial charge in [0.2, 0.25) is 0 Å². The Morgan fingerprint density at radius 3 is 2.52 bits per heavy atom. The molecule has 0 radical (unpaired) electrons. The average molecular weight is 310 g/mol. The van der Waals surface area contributed by atoms with Crippen molar-refractivity contribution >= 4 is 21.4 Å². The summed E-state index contributed by atoms with van der Waals surface area (Å²) in [5, 5.41) is 0.909. The molecular weight excluding hydrogens is 274 g/mol. The van der Waals surface area contributed by atoms with Gasteiger partial charge < -0.3 is 0 Å². The van der Waals surface area contributed by atoms with Gasteiger partial charge in [0.25, 0.3) is 0 Å². The molecule has 1 aromatic heterocycles. The fraction of sp³-hybridized carbons (Fsp3) is 0.579. The first-order chi connectivity index (χ1) is 14.1. The van der Waals surface area contributed by atoms with E-state index in [1.54, 1.807) is 0 Å². The van der Waals surface area contributed by atoms with Crippen LogP contribution in [0.4, 0.5) is 0 Å². The molecule has 1 aliphatic heterocycles. The first-order valence-electron chi connectivity index (χ1n) is 12.4. The molecule has 1 nitrogen and oxygen atoms in total. The van der Waals surface area contributed by atoms with Crippen LogP contribution >= 0.6 is 11.3 Å². The van der Waals surface area contributed by atoms with Crippen molar-refractivity contribution in [2.75, 3.05) is 13.0 Å². The first kappa shape index (κ1) is 6.72. The van der Waals surface area contributed by atoms with Gasteiger partial charge in [-0.2, -0.15) is 0 Å². The van der Waals surface area contributed by atoms with Crippen molar-refractivity contribution < 1.29 is 13.7 Å². The molecule has 112 valence electrons. The molecule has 2 heterocycles. The Morgan fingerprint density at radius 2 is 1.76 bits per heavy atom. The number of thiophene rings is 1. The van der Waals surface area contributed by atoms with Crippen molar-refractivity contribution in [2.24, 2.45) is 0 Å². The molecule has 0 spiro atoms. The molecule has 21 heavy (non-hydrogen) atoms. The number of nitrogens with zero attached hydrogens (tertiary/aromatic N) is 1. The van der Waals surface area contributed by atoms with Gasteiger partial charge in [0, 0.05) is 23.3 Å². The number of fused-ring (bicyclic) bond motifs is 1. The third kappa shape index (κ3) is 2.43. The summed E-state index contributed by atoms with van der Waals surface area (Å²) < 4.78 is 85.3. The summed E-state index contributed by atoms with van der Waals surface area (Å²) in [6.45, 7) is -6.20. The van der Waals surface area contributed by atoms with E-state index in [2.05, 4.69) is 0 Å². The maximum absolute atomic E-state index is 8.70. The molecule has 1 saturated heterocycles. The predicted octanol–water partition coefficient (Wildman–Crippen LogP) is 5.55. The van der Waals surface area contributed by atoms with Gasteiger partial charge in [-0.15, -0.1) is 11.3 Å². The fourth-order valence-electron chi connectivity index (χ4n) is 3.37. The summed E-state index contributed by atoms with van der Waals surface area (Å²) in [6, 6.07) is 9.43. The minimum Gasteiger partial charge on any atom is -0.293 e. The highest BCUT2D eigenvalue weighted by molar-refractivity contribution is 7.19. The Labute approximate surface area is 146 Å². The van der Waals surface area contributed by atoms with E-state index in [-0.39, 0.29) is 0 Å². The minimum absolute atomic E-state index is 0.341. The highest BCUT2D eigenvalue weighted by atomic mass is 32.1. The molecule has 2 fully saturated rings. The molecule has 2 aliphatic rings. The summed E-state index contributed by atoms with van der Waals surface area (Å²) in [6.07, 6.45) is -7.10. The van der Waals surface area contributed by atoms with E-state index in [1.807, 2.05) is 30.3 Å². The molecule has 0 bridgehead atoms. The summed E-state index contributed by atoms with van der Waals surface area (Å²) in [5.41, 5.74) is -1.29. The number of rotatable bonds is 2. The van der Waals surface area contributed by atoms with E-state index in [9.17, 15) is 0 Å². The molecular formula is C19H25NS. The van der Waals surface area contributed by atoms with Crippen molar-refractivity contribution in [1.29, 1.82) is 0 Å². The van der Waals surface area contributed by atoms with Crippen LogP contribution < -0.4 is 0 Å². The Morgan fingerprint density at radius 1 is 1.00 bits per heavy atom. The van der Waals surface area contributed by atoms with Gasteiger partial charge >= 0.3 is 0 Å². The van der Waals surface area contributed by atoms with Gasteiger partial charge in [0.15, 0.2) is 0 Å². The molecule has 0 atom stereocenters. The zero-order valence-electron chi connectivity index (χ0n) is 21.8. The van der Waals surface area contributed by atoms with E-state index in [0.717, 1.165) is 21.4 Å². The standard InChI is InChI=1S/C19H25NS/c1-5-11-19(12-6-1,20-13-7-2-8-14-20)18-15-16-9-3-4-10-17(16)21-18/h3-4,9-10,15H,1-2,5-8,11-14H2/i2D2,7D2,8D2,13D2,14D2.